The van der Waals surface area contributed by atoms with Gasteiger partial charge >= 0.3 is 0 Å². The van der Waals surface area contributed by atoms with Crippen molar-refractivity contribution in [1.29, 1.82) is 0 Å². The summed E-state index contributed by atoms with van der Waals surface area (Å²) in [4.78, 5) is 7.81. The van der Waals surface area contributed by atoms with Crippen LogP contribution in [0.5, 0.6) is 5.75 Å². The first kappa shape index (κ1) is 17.2. The van der Waals surface area contributed by atoms with Gasteiger partial charge in [0.15, 0.2) is 0 Å². The summed E-state index contributed by atoms with van der Waals surface area (Å²) in [6, 6.07) is 9.25. The third-order valence-electron chi connectivity index (χ3n) is 5.02. The Morgan fingerprint density at radius 3 is 2.74 bits per heavy atom. The first-order valence-electron chi connectivity index (χ1n) is 8.92. The summed E-state index contributed by atoms with van der Waals surface area (Å²) in [5, 5.41) is 10.8. The average molecular weight is 362 g/mol. The van der Waals surface area contributed by atoms with Gasteiger partial charge in [-0.3, -0.25) is 0 Å². The molecule has 1 atom stereocenters. The van der Waals surface area contributed by atoms with Crippen LogP contribution in [0.15, 0.2) is 60.3 Å². The number of methoxy groups -OCH3 is 2. The fourth-order valence-electron chi connectivity index (χ4n) is 3.67. The summed E-state index contributed by atoms with van der Waals surface area (Å²) in [6.45, 7) is 2.15. The molecule has 5 nitrogen and oxygen atoms in total. The van der Waals surface area contributed by atoms with Crippen LogP contribution in [0.1, 0.15) is 18.9 Å². The summed E-state index contributed by atoms with van der Waals surface area (Å²) >= 11 is 0. The lowest BCUT2D eigenvalue weighted by Gasteiger charge is -2.24. The second-order valence-electron chi connectivity index (χ2n) is 6.73. The number of pyridine rings is 1. The third kappa shape index (κ3) is 2.95. The number of ether oxygens (including phenoxy) is 2. The fourth-order valence-corrected chi connectivity index (χ4v) is 3.67. The molecule has 4 rings (SSSR count). The van der Waals surface area contributed by atoms with Crippen LogP contribution >= 0.6 is 0 Å². The zero-order chi connectivity index (χ0) is 19.0. The van der Waals surface area contributed by atoms with Crippen molar-refractivity contribution < 1.29 is 14.6 Å². The van der Waals surface area contributed by atoms with Gasteiger partial charge in [-0.1, -0.05) is 19.1 Å². The topological polar surface area (TPSA) is 67.4 Å². The van der Waals surface area contributed by atoms with E-state index >= 15 is 0 Å². The number of aromatic amines is 1. The molecule has 27 heavy (non-hydrogen) atoms. The summed E-state index contributed by atoms with van der Waals surface area (Å²) in [6.07, 6.45) is 6.74. The summed E-state index contributed by atoms with van der Waals surface area (Å²) in [7, 11) is 3.38. The lowest BCUT2D eigenvalue weighted by atomic mass is 9.89. The van der Waals surface area contributed by atoms with Crippen molar-refractivity contribution in [2.24, 2.45) is 5.92 Å². The number of aromatic nitrogens is 2. The number of aromatic hydroxyl groups is 1. The van der Waals surface area contributed by atoms with E-state index in [1.807, 2.05) is 18.3 Å². The van der Waals surface area contributed by atoms with Crippen molar-refractivity contribution in [3.05, 3.63) is 65.9 Å². The van der Waals surface area contributed by atoms with Gasteiger partial charge in [-0.15, -0.1) is 0 Å². The van der Waals surface area contributed by atoms with Crippen LogP contribution in [0.4, 0.5) is 0 Å². The molecule has 0 spiro atoms. The van der Waals surface area contributed by atoms with E-state index in [4.69, 9.17) is 9.47 Å². The second-order valence-corrected chi connectivity index (χ2v) is 6.73. The van der Waals surface area contributed by atoms with Gasteiger partial charge in [0.1, 0.15) is 22.9 Å². The van der Waals surface area contributed by atoms with E-state index in [1.54, 1.807) is 32.5 Å². The summed E-state index contributed by atoms with van der Waals surface area (Å²) < 4.78 is 11.4. The highest BCUT2D eigenvalue weighted by atomic mass is 16.5. The molecule has 0 saturated heterocycles. The highest BCUT2D eigenvalue weighted by Gasteiger charge is 2.26. The maximum atomic E-state index is 9.79. The molecule has 1 aliphatic carbocycles. The van der Waals surface area contributed by atoms with Gasteiger partial charge in [0.25, 0.3) is 0 Å². The van der Waals surface area contributed by atoms with Crippen LogP contribution in [0.2, 0.25) is 0 Å². The van der Waals surface area contributed by atoms with E-state index in [2.05, 4.69) is 29.0 Å². The zero-order valence-corrected chi connectivity index (χ0v) is 15.6. The smallest absolute Gasteiger partial charge is 0.137 e. The number of allylic oxidation sites excluding steroid dienone is 3. The molecule has 3 aromatic rings. The van der Waals surface area contributed by atoms with Crippen LogP contribution < -0.4 is 0 Å². The van der Waals surface area contributed by atoms with Gasteiger partial charge in [0.05, 0.1) is 19.8 Å². The van der Waals surface area contributed by atoms with Crippen molar-refractivity contribution in [3.63, 3.8) is 0 Å². The minimum absolute atomic E-state index is 0.233. The maximum absolute atomic E-state index is 9.79. The highest BCUT2D eigenvalue weighted by Crippen LogP contribution is 2.40. The summed E-state index contributed by atoms with van der Waals surface area (Å²) in [5.41, 5.74) is 4.60. The van der Waals surface area contributed by atoms with Crippen LogP contribution in [0.3, 0.4) is 0 Å². The van der Waals surface area contributed by atoms with E-state index in [0.29, 0.717) is 0 Å². The van der Waals surface area contributed by atoms with Crippen LogP contribution in [0, 0.1) is 5.92 Å². The van der Waals surface area contributed by atoms with Crippen molar-refractivity contribution in [1.82, 2.24) is 9.97 Å². The van der Waals surface area contributed by atoms with Crippen LogP contribution in [-0.4, -0.2) is 29.3 Å². The molecule has 0 radical (unpaired) electrons. The molecular formula is C22H22N2O3. The van der Waals surface area contributed by atoms with Gasteiger partial charge < -0.3 is 19.6 Å². The highest BCUT2D eigenvalue weighted by molar-refractivity contribution is 5.97. The molecule has 0 fully saturated rings. The van der Waals surface area contributed by atoms with E-state index in [1.165, 1.54) is 0 Å². The Kier molecular flexibility index (Phi) is 4.36. The normalized spacial score (nSPS) is 17.1. The lowest BCUT2D eigenvalue weighted by molar-refractivity contribution is 0.237. The number of fused-ring (bicyclic) bond motifs is 1. The van der Waals surface area contributed by atoms with E-state index < -0.39 is 0 Å². The lowest BCUT2D eigenvalue weighted by Crippen LogP contribution is -2.11. The number of phenols is 1. The Morgan fingerprint density at radius 1 is 1.15 bits per heavy atom. The first-order valence-corrected chi connectivity index (χ1v) is 8.92. The van der Waals surface area contributed by atoms with Gasteiger partial charge in [-0.25, -0.2) is 4.98 Å². The van der Waals surface area contributed by atoms with Crippen molar-refractivity contribution in [2.75, 3.05) is 14.2 Å². The Hall–Kier alpha value is -3.21. The van der Waals surface area contributed by atoms with Crippen molar-refractivity contribution >= 4 is 16.6 Å². The molecule has 2 heterocycles. The first-order chi connectivity index (χ1) is 13.1. The van der Waals surface area contributed by atoms with Crippen molar-refractivity contribution in [2.45, 2.75) is 13.3 Å². The Balaban J connectivity index is 1.92. The zero-order valence-electron chi connectivity index (χ0n) is 15.6. The molecule has 1 aliphatic rings. The molecular weight excluding hydrogens is 340 g/mol. The molecule has 138 valence electrons. The number of hydrogen-bond acceptors (Lipinski definition) is 4. The van der Waals surface area contributed by atoms with Gasteiger partial charge in [-0.2, -0.15) is 0 Å². The molecule has 2 aromatic heterocycles. The van der Waals surface area contributed by atoms with Crippen LogP contribution in [0.25, 0.3) is 27.7 Å². The van der Waals surface area contributed by atoms with Crippen molar-refractivity contribution in [3.8, 4) is 16.9 Å². The van der Waals surface area contributed by atoms with Crippen LogP contribution in [-0.2, 0) is 9.47 Å². The Bertz CT molecular complexity index is 1060. The number of rotatable bonds is 4. The maximum Gasteiger partial charge on any atom is 0.137 e. The molecule has 0 saturated carbocycles. The SMILES string of the molecule is COC1=CCC(C)C(OC)=C1c1c[nH]c2ncc(-c3cccc(O)c3)cc12. The molecule has 0 aliphatic heterocycles. The average Bonchev–Trinajstić information content (AvgIpc) is 3.10. The predicted octanol–water partition coefficient (Wildman–Crippen LogP) is 4.86. The van der Waals surface area contributed by atoms with E-state index in [9.17, 15) is 5.11 Å². The molecule has 5 heteroatoms. The number of phenolic OH excluding ortho intramolecular Hbond substituents is 1. The van der Waals surface area contributed by atoms with Gasteiger partial charge in [-0.05, 0) is 36.3 Å². The second kappa shape index (κ2) is 6.83. The largest absolute Gasteiger partial charge is 0.508 e. The monoisotopic (exact) mass is 362 g/mol. The van der Waals surface area contributed by atoms with E-state index in [0.717, 1.165) is 51.2 Å². The quantitative estimate of drug-likeness (QED) is 0.695. The minimum Gasteiger partial charge on any atom is -0.508 e. The molecule has 0 amide bonds. The minimum atomic E-state index is 0.233. The Morgan fingerprint density at radius 2 is 2.00 bits per heavy atom. The number of nitrogens with zero attached hydrogens (tertiary/aromatic N) is 1. The number of hydrogen-bond donors (Lipinski definition) is 2. The number of benzene rings is 1. The predicted molar refractivity (Wildman–Crippen MR) is 106 cm³/mol. The molecule has 0 bridgehead atoms. The molecule has 2 N–H and O–H groups in total. The summed E-state index contributed by atoms with van der Waals surface area (Å²) in [5.74, 6) is 2.24. The number of nitrogens with one attached hydrogen (secondary N) is 1. The van der Waals surface area contributed by atoms with Gasteiger partial charge in [0, 0.05) is 34.8 Å². The van der Waals surface area contributed by atoms with E-state index in [-0.39, 0.29) is 11.7 Å². The third-order valence-corrected chi connectivity index (χ3v) is 5.02. The standard InChI is InChI=1S/C22H22N2O3/c1-13-7-8-19(26-2)20(21(13)27-3)18-12-24-22-17(18)10-15(11-23-22)14-5-4-6-16(25)9-14/h4-6,8-13,25H,7H2,1-3H3,(H,23,24). The molecule has 1 aromatic carbocycles. The van der Waals surface area contributed by atoms with Gasteiger partial charge in [0.2, 0.25) is 0 Å². The number of H-pyrrole nitrogens is 1. The molecule has 1 unspecified atom stereocenters. The fraction of sp³-hybridized carbons (Fsp3) is 0.227. The Labute approximate surface area is 158 Å².